The Bertz CT molecular complexity index is 495. The molecule has 1 aromatic heterocycles. The zero-order chi connectivity index (χ0) is 12.3. The lowest BCUT2D eigenvalue weighted by Gasteiger charge is -2.05. The first-order chi connectivity index (χ1) is 8.24. The van der Waals surface area contributed by atoms with Gasteiger partial charge in [0, 0.05) is 0 Å². The van der Waals surface area contributed by atoms with E-state index in [1.807, 2.05) is 18.2 Å². The average Bonchev–Trinajstić information content (AvgIpc) is 2.78. The molecule has 0 spiro atoms. The van der Waals surface area contributed by atoms with Crippen LogP contribution in [0.3, 0.4) is 0 Å². The standard InChI is InChI=1S/C13H18N2OS/c1-3-4-5-10(14)13-15-11-7-6-9(16-2)8-12(11)17-13/h6-8,10H,3-5,14H2,1-2H3. The predicted octanol–water partition coefficient (Wildman–Crippen LogP) is 3.49. The summed E-state index contributed by atoms with van der Waals surface area (Å²) in [6.45, 7) is 2.18. The molecule has 2 rings (SSSR count). The van der Waals surface area contributed by atoms with Gasteiger partial charge in [-0.25, -0.2) is 4.98 Å². The Morgan fingerprint density at radius 1 is 1.47 bits per heavy atom. The van der Waals surface area contributed by atoms with Gasteiger partial charge >= 0.3 is 0 Å². The number of thiazole rings is 1. The van der Waals surface area contributed by atoms with E-state index in [0.717, 1.165) is 33.8 Å². The van der Waals surface area contributed by atoms with Crippen LogP contribution in [0.5, 0.6) is 5.75 Å². The van der Waals surface area contributed by atoms with Crippen molar-refractivity contribution in [2.45, 2.75) is 32.2 Å². The van der Waals surface area contributed by atoms with Crippen LogP contribution >= 0.6 is 11.3 Å². The molecule has 0 bridgehead atoms. The van der Waals surface area contributed by atoms with Crippen LogP contribution < -0.4 is 10.5 Å². The monoisotopic (exact) mass is 250 g/mol. The first-order valence-corrected chi connectivity index (χ1v) is 6.76. The smallest absolute Gasteiger partial charge is 0.120 e. The topological polar surface area (TPSA) is 48.1 Å². The molecular formula is C13H18N2OS. The van der Waals surface area contributed by atoms with E-state index in [1.54, 1.807) is 18.4 Å². The number of ether oxygens (including phenoxy) is 1. The van der Waals surface area contributed by atoms with E-state index in [-0.39, 0.29) is 6.04 Å². The molecule has 1 heterocycles. The van der Waals surface area contributed by atoms with E-state index in [2.05, 4.69) is 11.9 Å². The number of aromatic nitrogens is 1. The van der Waals surface area contributed by atoms with Crippen LogP contribution in [0.2, 0.25) is 0 Å². The minimum Gasteiger partial charge on any atom is -0.497 e. The Kier molecular flexibility index (Phi) is 3.97. The number of fused-ring (bicyclic) bond motifs is 1. The Morgan fingerprint density at radius 2 is 2.29 bits per heavy atom. The lowest BCUT2D eigenvalue weighted by molar-refractivity contribution is 0.415. The molecule has 0 radical (unpaired) electrons. The van der Waals surface area contributed by atoms with Crippen LogP contribution in [0.4, 0.5) is 0 Å². The number of benzene rings is 1. The van der Waals surface area contributed by atoms with E-state index in [1.165, 1.54) is 6.42 Å². The fourth-order valence-corrected chi connectivity index (χ4v) is 2.79. The number of methoxy groups -OCH3 is 1. The van der Waals surface area contributed by atoms with E-state index in [9.17, 15) is 0 Å². The largest absolute Gasteiger partial charge is 0.497 e. The van der Waals surface area contributed by atoms with Crippen LogP contribution in [-0.4, -0.2) is 12.1 Å². The minimum atomic E-state index is 0.0679. The van der Waals surface area contributed by atoms with Gasteiger partial charge in [-0.05, 0) is 24.6 Å². The number of rotatable bonds is 5. The molecule has 2 aromatic rings. The zero-order valence-corrected chi connectivity index (χ0v) is 11.1. The van der Waals surface area contributed by atoms with Gasteiger partial charge in [0.25, 0.3) is 0 Å². The quantitative estimate of drug-likeness (QED) is 0.883. The lowest BCUT2D eigenvalue weighted by Crippen LogP contribution is -2.09. The van der Waals surface area contributed by atoms with Crippen molar-refractivity contribution in [1.82, 2.24) is 4.98 Å². The van der Waals surface area contributed by atoms with Gasteiger partial charge in [0.1, 0.15) is 10.8 Å². The Morgan fingerprint density at radius 3 is 3.00 bits per heavy atom. The van der Waals surface area contributed by atoms with Crippen molar-refractivity contribution in [3.8, 4) is 5.75 Å². The van der Waals surface area contributed by atoms with Gasteiger partial charge in [-0.1, -0.05) is 19.8 Å². The van der Waals surface area contributed by atoms with Crippen molar-refractivity contribution in [2.24, 2.45) is 5.73 Å². The molecule has 1 atom stereocenters. The predicted molar refractivity (Wildman–Crippen MR) is 72.6 cm³/mol. The second-order valence-electron chi connectivity index (χ2n) is 4.13. The third-order valence-corrected chi connectivity index (χ3v) is 3.95. The van der Waals surface area contributed by atoms with E-state index in [4.69, 9.17) is 10.5 Å². The second kappa shape index (κ2) is 5.47. The van der Waals surface area contributed by atoms with Crippen LogP contribution in [0.25, 0.3) is 10.2 Å². The van der Waals surface area contributed by atoms with Gasteiger partial charge in [0.2, 0.25) is 0 Å². The number of nitrogens with zero attached hydrogens (tertiary/aromatic N) is 1. The molecule has 4 heteroatoms. The van der Waals surface area contributed by atoms with Crippen molar-refractivity contribution in [2.75, 3.05) is 7.11 Å². The highest BCUT2D eigenvalue weighted by atomic mass is 32.1. The Hall–Kier alpha value is -1.13. The van der Waals surface area contributed by atoms with Crippen LogP contribution in [-0.2, 0) is 0 Å². The van der Waals surface area contributed by atoms with Gasteiger partial charge in [-0.2, -0.15) is 0 Å². The highest BCUT2D eigenvalue weighted by molar-refractivity contribution is 7.18. The number of hydrogen-bond acceptors (Lipinski definition) is 4. The Labute approximate surface area is 106 Å². The fraction of sp³-hybridized carbons (Fsp3) is 0.462. The summed E-state index contributed by atoms with van der Waals surface area (Å²) in [6, 6.07) is 6.01. The molecule has 2 N–H and O–H groups in total. The number of hydrogen-bond donors (Lipinski definition) is 1. The molecule has 0 saturated carbocycles. The van der Waals surface area contributed by atoms with E-state index in [0.29, 0.717) is 0 Å². The molecular weight excluding hydrogens is 232 g/mol. The Balaban J connectivity index is 2.24. The normalized spacial score (nSPS) is 12.9. The summed E-state index contributed by atoms with van der Waals surface area (Å²) in [5.74, 6) is 0.870. The SMILES string of the molecule is CCCCC(N)c1nc2ccc(OC)cc2s1. The highest BCUT2D eigenvalue weighted by Gasteiger charge is 2.11. The molecule has 0 saturated heterocycles. The fourth-order valence-electron chi connectivity index (χ4n) is 1.76. The van der Waals surface area contributed by atoms with Crippen LogP contribution in [0, 0.1) is 0 Å². The van der Waals surface area contributed by atoms with E-state index >= 15 is 0 Å². The van der Waals surface area contributed by atoms with Gasteiger partial charge in [0.05, 0.1) is 23.4 Å². The second-order valence-corrected chi connectivity index (χ2v) is 5.20. The molecule has 1 aromatic carbocycles. The third-order valence-electron chi connectivity index (χ3n) is 2.80. The van der Waals surface area contributed by atoms with Gasteiger partial charge in [-0.15, -0.1) is 11.3 Å². The lowest BCUT2D eigenvalue weighted by atomic mass is 10.1. The molecule has 0 aliphatic rings. The van der Waals surface area contributed by atoms with Crippen molar-refractivity contribution in [3.05, 3.63) is 23.2 Å². The highest BCUT2D eigenvalue weighted by Crippen LogP contribution is 2.30. The molecule has 17 heavy (non-hydrogen) atoms. The zero-order valence-electron chi connectivity index (χ0n) is 10.3. The van der Waals surface area contributed by atoms with Crippen molar-refractivity contribution in [1.29, 1.82) is 0 Å². The molecule has 92 valence electrons. The van der Waals surface area contributed by atoms with Crippen molar-refractivity contribution >= 4 is 21.6 Å². The molecule has 0 amide bonds. The first-order valence-electron chi connectivity index (χ1n) is 5.94. The number of nitrogens with two attached hydrogens (primary N) is 1. The van der Waals surface area contributed by atoms with Crippen LogP contribution in [0.15, 0.2) is 18.2 Å². The molecule has 0 aliphatic carbocycles. The van der Waals surface area contributed by atoms with Gasteiger partial charge < -0.3 is 10.5 Å². The maximum Gasteiger partial charge on any atom is 0.120 e. The summed E-state index contributed by atoms with van der Waals surface area (Å²) in [5.41, 5.74) is 7.14. The summed E-state index contributed by atoms with van der Waals surface area (Å²) in [4.78, 5) is 4.58. The first kappa shape index (κ1) is 12.3. The summed E-state index contributed by atoms with van der Waals surface area (Å²) in [5, 5.41) is 1.03. The summed E-state index contributed by atoms with van der Waals surface area (Å²) < 4.78 is 6.35. The van der Waals surface area contributed by atoms with Crippen molar-refractivity contribution in [3.63, 3.8) is 0 Å². The minimum absolute atomic E-state index is 0.0679. The summed E-state index contributed by atoms with van der Waals surface area (Å²) in [7, 11) is 1.68. The maximum absolute atomic E-state index is 6.13. The number of unbranched alkanes of at least 4 members (excludes halogenated alkanes) is 1. The average molecular weight is 250 g/mol. The van der Waals surface area contributed by atoms with Crippen molar-refractivity contribution < 1.29 is 4.74 Å². The molecule has 0 fully saturated rings. The summed E-state index contributed by atoms with van der Waals surface area (Å²) in [6.07, 6.45) is 3.33. The maximum atomic E-state index is 6.13. The molecule has 3 nitrogen and oxygen atoms in total. The summed E-state index contributed by atoms with van der Waals surface area (Å²) >= 11 is 1.67. The third kappa shape index (κ3) is 2.76. The van der Waals surface area contributed by atoms with Gasteiger partial charge in [-0.3, -0.25) is 0 Å². The molecule has 0 aliphatic heterocycles. The van der Waals surface area contributed by atoms with Crippen LogP contribution in [0.1, 0.15) is 37.2 Å². The van der Waals surface area contributed by atoms with E-state index < -0.39 is 0 Å². The van der Waals surface area contributed by atoms with Gasteiger partial charge in [0.15, 0.2) is 0 Å². The molecule has 1 unspecified atom stereocenters.